The highest BCUT2D eigenvalue weighted by Gasteiger charge is 2.44. The molecule has 21 heavy (non-hydrogen) atoms. The molecule has 2 saturated heterocycles. The van der Waals surface area contributed by atoms with E-state index in [0.29, 0.717) is 19.0 Å². The molecule has 2 aliphatic rings. The lowest BCUT2D eigenvalue weighted by atomic mass is 10.1. The molecule has 2 heterocycles. The van der Waals surface area contributed by atoms with E-state index in [2.05, 4.69) is 5.32 Å². The van der Waals surface area contributed by atoms with Gasteiger partial charge >= 0.3 is 0 Å². The molecule has 2 atom stereocenters. The Labute approximate surface area is 123 Å². The third-order valence-electron chi connectivity index (χ3n) is 4.43. The van der Waals surface area contributed by atoms with Crippen LogP contribution in [0.3, 0.4) is 0 Å². The maximum absolute atomic E-state index is 12.8. The van der Waals surface area contributed by atoms with E-state index >= 15 is 0 Å². The fraction of sp³-hybridized carbons (Fsp3) is 0.538. The van der Waals surface area contributed by atoms with Crippen molar-refractivity contribution in [2.45, 2.75) is 24.3 Å². The molecule has 8 heteroatoms. The van der Waals surface area contributed by atoms with Gasteiger partial charge in [0.2, 0.25) is 10.0 Å². The van der Waals surface area contributed by atoms with Crippen LogP contribution in [0, 0.1) is 23.0 Å². The first kappa shape index (κ1) is 14.4. The van der Waals surface area contributed by atoms with Crippen LogP contribution in [-0.4, -0.2) is 43.3 Å². The molecule has 0 spiro atoms. The number of nitro groups is 1. The van der Waals surface area contributed by atoms with Gasteiger partial charge in [-0.1, -0.05) is 6.07 Å². The molecule has 1 aromatic carbocycles. The van der Waals surface area contributed by atoms with Crippen molar-refractivity contribution in [1.29, 1.82) is 0 Å². The lowest BCUT2D eigenvalue weighted by Crippen LogP contribution is -2.39. The van der Waals surface area contributed by atoms with E-state index in [1.165, 1.54) is 29.4 Å². The van der Waals surface area contributed by atoms with Gasteiger partial charge in [0, 0.05) is 30.8 Å². The standard InChI is InChI=1S/C13H17N3O4S/c1-9-11(16(17)18)3-2-4-13(9)21(19,20)15-6-5-10-7-14-8-12(10)15/h2-4,10,12,14H,5-8H2,1H3/t10-,12+/m0/s1. The summed E-state index contributed by atoms with van der Waals surface area (Å²) in [4.78, 5) is 10.5. The summed E-state index contributed by atoms with van der Waals surface area (Å²) in [6, 6.07) is 4.18. The first-order valence-electron chi connectivity index (χ1n) is 6.89. The molecule has 3 rings (SSSR count). The van der Waals surface area contributed by atoms with E-state index in [9.17, 15) is 18.5 Å². The number of nitrogens with zero attached hydrogens (tertiary/aromatic N) is 2. The molecule has 0 radical (unpaired) electrons. The number of rotatable bonds is 3. The van der Waals surface area contributed by atoms with Crippen LogP contribution in [0.15, 0.2) is 23.1 Å². The number of fused-ring (bicyclic) bond motifs is 1. The Bertz CT molecular complexity index is 689. The van der Waals surface area contributed by atoms with Crippen molar-refractivity contribution in [2.75, 3.05) is 19.6 Å². The molecule has 7 nitrogen and oxygen atoms in total. The van der Waals surface area contributed by atoms with E-state index in [1.54, 1.807) is 0 Å². The topological polar surface area (TPSA) is 92.5 Å². The molecule has 0 aliphatic carbocycles. The Morgan fingerprint density at radius 1 is 1.38 bits per heavy atom. The second-order valence-corrected chi connectivity index (χ2v) is 7.41. The van der Waals surface area contributed by atoms with E-state index in [0.717, 1.165) is 13.0 Å². The fourth-order valence-electron chi connectivity index (χ4n) is 3.31. The molecule has 0 unspecified atom stereocenters. The number of sulfonamides is 1. The van der Waals surface area contributed by atoms with Crippen molar-refractivity contribution in [1.82, 2.24) is 9.62 Å². The van der Waals surface area contributed by atoms with Gasteiger partial charge in [0.1, 0.15) is 0 Å². The summed E-state index contributed by atoms with van der Waals surface area (Å²) in [5.74, 6) is 0.346. The van der Waals surface area contributed by atoms with Gasteiger partial charge in [-0.2, -0.15) is 4.31 Å². The lowest BCUT2D eigenvalue weighted by Gasteiger charge is -2.23. The quantitative estimate of drug-likeness (QED) is 0.661. The summed E-state index contributed by atoms with van der Waals surface area (Å²) in [6.45, 7) is 3.47. The van der Waals surface area contributed by atoms with Crippen LogP contribution in [0.2, 0.25) is 0 Å². The predicted octanol–water partition coefficient (Wildman–Crippen LogP) is 0.886. The Kier molecular flexibility index (Phi) is 3.46. The van der Waals surface area contributed by atoms with Gasteiger partial charge in [-0.25, -0.2) is 8.42 Å². The Morgan fingerprint density at radius 2 is 2.14 bits per heavy atom. The zero-order valence-electron chi connectivity index (χ0n) is 11.7. The molecule has 114 valence electrons. The molecule has 0 saturated carbocycles. The molecule has 0 bridgehead atoms. The van der Waals surface area contributed by atoms with E-state index in [4.69, 9.17) is 0 Å². The summed E-state index contributed by atoms with van der Waals surface area (Å²) in [5.41, 5.74) is 0.0493. The highest BCUT2D eigenvalue weighted by Crippen LogP contribution is 2.34. The second kappa shape index (κ2) is 5.04. The summed E-state index contributed by atoms with van der Waals surface area (Å²) < 4.78 is 27.2. The van der Waals surface area contributed by atoms with E-state index in [-0.39, 0.29) is 22.2 Å². The highest BCUT2D eigenvalue weighted by molar-refractivity contribution is 7.89. The van der Waals surface area contributed by atoms with E-state index in [1.807, 2.05) is 0 Å². The van der Waals surface area contributed by atoms with Gasteiger partial charge in [-0.15, -0.1) is 0 Å². The number of nitro benzene ring substituents is 1. The minimum atomic E-state index is -3.69. The molecule has 1 aromatic rings. The van der Waals surface area contributed by atoms with Gasteiger partial charge in [0.05, 0.1) is 9.82 Å². The molecule has 2 fully saturated rings. The van der Waals surface area contributed by atoms with Crippen molar-refractivity contribution in [3.63, 3.8) is 0 Å². The molecule has 1 N–H and O–H groups in total. The van der Waals surface area contributed by atoms with Crippen molar-refractivity contribution in [2.24, 2.45) is 5.92 Å². The molecule has 0 aromatic heterocycles. The average molecular weight is 311 g/mol. The molecular formula is C13H17N3O4S. The van der Waals surface area contributed by atoms with E-state index < -0.39 is 14.9 Å². The maximum atomic E-state index is 12.8. The van der Waals surface area contributed by atoms with Gasteiger partial charge in [0.15, 0.2) is 0 Å². The zero-order valence-corrected chi connectivity index (χ0v) is 12.5. The predicted molar refractivity (Wildman–Crippen MR) is 76.5 cm³/mol. The second-order valence-electron chi connectivity index (χ2n) is 5.55. The third kappa shape index (κ3) is 2.23. The molecule has 2 aliphatic heterocycles. The highest BCUT2D eigenvalue weighted by atomic mass is 32.2. The number of benzene rings is 1. The monoisotopic (exact) mass is 311 g/mol. The number of nitrogens with one attached hydrogen (secondary N) is 1. The minimum absolute atomic E-state index is 0.0336. The van der Waals surface area contributed by atoms with Crippen LogP contribution in [0.4, 0.5) is 5.69 Å². The summed E-state index contributed by atoms with van der Waals surface area (Å²) in [5, 5.41) is 14.2. The Hall–Kier alpha value is -1.51. The normalized spacial score (nSPS) is 26.0. The number of hydrogen-bond acceptors (Lipinski definition) is 5. The fourth-order valence-corrected chi connectivity index (χ4v) is 5.26. The summed E-state index contributed by atoms with van der Waals surface area (Å²) in [7, 11) is -3.69. The van der Waals surface area contributed by atoms with Crippen molar-refractivity contribution < 1.29 is 13.3 Å². The SMILES string of the molecule is Cc1c([N+](=O)[O-])cccc1S(=O)(=O)N1CC[C@H]2CNC[C@H]21. The number of hydrogen-bond donors (Lipinski definition) is 1. The van der Waals surface area contributed by atoms with Crippen molar-refractivity contribution in [3.05, 3.63) is 33.9 Å². The van der Waals surface area contributed by atoms with Gasteiger partial charge in [0.25, 0.3) is 5.69 Å². The maximum Gasteiger partial charge on any atom is 0.273 e. The average Bonchev–Trinajstić information content (AvgIpc) is 3.00. The minimum Gasteiger partial charge on any atom is -0.315 e. The smallest absolute Gasteiger partial charge is 0.273 e. The lowest BCUT2D eigenvalue weighted by molar-refractivity contribution is -0.385. The molecular weight excluding hydrogens is 294 g/mol. The van der Waals surface area contributed by atoms with Crippen molar-refractivity contribution in [3.8, 4) is 0 Å². The van der Waals surface area contributed by atoms with Crippen LogP contribution in [0.1, 0.15) is 12.0 Å². The van der Waals surface area contributed by atoms with Crippen LogP contribution in [0.25, 0.3) is 0 Å². The Morgan fingerprint density at radius 3 is 2.86 bits per heavy atom. The first-order valence-corrected chi connectivity index (χ1v) is 8.33. The van der Waals surface area contributed by atoms with Gasteiger partial charge < -0.3 is 5.32 Å². The largest absolute Gasteiger partial charge is 0.315 e. The van der Waals surface area contributed by atoms with Crippen LogP contribution in [-0.2, 0) is 10.0 Å². The first-order chi connectivity index (χ1) is 9.93. The third-order valence-corrected chi connectivity index (χ3v) is 6.50. The van der Waals surface area contributed by atoms with Crippen LogP contribution < -0.4 is 5.32 Å². The van der Waals surface area contributed by atoms with Crippen molar-refractivity contribution >= 4 is 15.7 Å². The molecule has 0 amide bonds. The van der Waals surface area contributed by atoms with Gasteiger partial charge in [-0.3, -0.25) is 10.1 Å². The Balaban J connectivity index is 2.03. The van der Waals surface area contributed by atoms with Crippen LogP contribution >= 0.6 is 0 Å². The summed E-state index contributed by atoms with van der Waals surface area (Å²) in [6.07, 6.45) is 0.838. The summed E-state index contributed by atoms with van der Waals surface area (Å²) >= 11 is 0. The van der Waals surface area contributed by atoms with Gasteiger partial charge in [-0.05, 0) is 31.9 Å². The zero-order chi connectivity index (χ0) is 15.2. The van der Waals surface area contributed by atoms with Crippen LogP contribution in [0.5, 0.6) is 0 Å².